The summed E-state index contributed by atoms with van der Waals surface area (Å²) < 4.78 is 33.3. The fourth-order valence-electron chi connectivity index (χ4n) is 5.03. The summed E-state index contributed by atoms with van der Waals surface area (Å²) in [5, 5.41) is 6.53. The quantitative estimate of drug-likeness (QED) is 0.218. The number of nitrogens with zero attached hydrogens (tertiary/aromatic N) is 6. The number of halogens is 1. The fourth-order valence-corrected chi connectivity index (χ4v) is 5.90. The zero-order valence-corrected chi connectivity index (χ0v) is 26.5. The van der Waals surface area contributed by atoms with Crippen molar-refractivity contribution in [1.29, 1.82) is 0 Å². The summed E-state index contributed by atoms with van der Waals surface area (Å²) in [5.74, 6) is 1.44. The van der Waals surface area contributed by atoms with Gasteiger partial charge in [-0.15, -0.1) is 0 Å². The summed E-state index contributed by atoms with van der Waals surface area (Å²) in [5.41, 5.74) is 4.79. The summed E-state index contributed by atoms with van der Waals surface area (Å²) >= 11 is 3.51. The van der Waals surface area contributed by atoms with Gasteiger partial charge in [0.15, 0.2) is 0 Å². The van der Waals surface area contributed by atoms with Crippen LogP contribution in [-0.4, -0.2) is 79.8 Å². The van der Waals surface area contributed by atoms with Gasteiger partial charge in [-0.1, -0.05) is 6.92 Å². The van der Waals surface area contributed by atoms with Crippen LogP contribution in [0.5, 0.6) is 5.75 Å². The van der Waals surface area contributed by atoms with Gasteiger partial charge in [0.05, 0.1) is 40.4 Å². The highest BCUT2D eigenvalue weighted by Gasteiger charge is 2.26. The molecule has 1 saturated heterocycles. The van der Waals surface area contributed by atoms with E-state index in [2.05, 4.69) is 94.2 Å². The molecule has 1 atom stereocenters. The molecule has 0 saturated carbocycles. The van der Waals surface area contributed by atoms with Crippen LogP contribution in [0.4, 0.5) is 34.5 Å². The number of hydrogen-bond acceptors (Lipinski definition) is 11. The van der Waals surface area contributed by atoms with Gasteiger partial charge in [-0.3, -0.25) is 14.7 Å². The van der Waals surface area contributed by atoms with Gasteiger partial charge >= 0.3 is 0 Å². The second-order valence-corrected chi connectivity index (χ2v) is 12.9. The topological polar surface area (TPSA) is 138 Å². The first kappa shape index (κ1) is 29.7. The summed E-state index contributed by atoms with van der Waals surface area (Å²) in [4.78, 5) is 22.5. The molecule has 2 aromatic carbocycles. The average molecular weight is 657 g/mol. The fraction of sp³-hybridized carbons (Fsp3) is 0.357. The minimum Gasteiger partial charge on any atom is -0.494 e. The van der Waals surface area contributed by atoms with Crippen molar-refractivity contribution in [3.8, 4) is 5.75 Å². The zero-order chi connectivity index (χ0) is 30.0. The Morgan fingerprint density at radius 2 is 1.90 bits per heavy atom. The van der Waals surface area contributed by atoms with Crippen molar-refractivity contribution in [1.82, 2.24) is 24.8 Å². The molecule has 14 heteroatoms. The number of aromatic nitrogens is 4. The van der Waals surface area contributed by atoms with Gasteiger partial charge < -0.3 is 25.2 Å². The van der Waals surface area contributed by atoms with Gasteiger partial charge in [-0.25, -0.2) is 13.4 Å². The van der Waals surface area contributed by atoms with Crippen molar-refractivity contribution in [3.63, 3.8) is 0 Å². The van der Waals surface area contributed by atoms with Gasteiger partial charge in [0.25, 0.3) is 0 Å². The summed E-state index contributed by atoms with van der Waals surface area (Å²) in [6, 6.07) is 8.16. The van der Waals surface area contributed by atoms with Crippen LogP contribution in [0.25, 0.3) is 11.0 Å². The number of benzene rings is 2. The summed E-state index contributed by atoms with van der Waals surface area (Å²) in [6.07, 6.45) is 7.74. The largest absolute Gasteiger partial charge is 0.494 e. The van der Waals surface area contributed by atoms with E-state index in [4.69, 9.17) is 4.74 Å². The van der Waals surface area contributed by atoms with Crippen LogP contribution >= 0.6 is 15.9 Å². The third-order valence-corrected chi connectivity index (χ3v) is 8.34. The van der Waals surface area contributed by atoms with E-state index in [0.717, 1.165) is 37.9 Å². The Hall–Kier alpha value is -3.75. The Bertz CT molecular complexity index is 1720. The highest BCUT2D eigenvalue weighted by Crippen LogP contribution is 2.38. The first-order valence-corrected chi connectivity index (χ1v) is 16.1. The van der Waals surface area contributed by atoms with Crippen LogP contribution in [0.1, 0.15) is 18.9 Å². The van der Waals surface area contributed by atoms with Crippen LogP contribution in [0, 0.1) is 0 Å². The Kier molecular flexibility index (Phi) is 8.66. The van der Waals surface area contributed by atoms with E-state index < -0.39 is 10.0 Å². The molecule has 0 spiro atoms. The van der Waals surface area contributed by atoms with E-state index in [-0.39, 0.29) is 5.69 Å². The molecule has 3 N–H and O–H groups in total. The van der Waals surface area contributed by atoms with E-state index in [1.54, 1.807) is 31.6 Å². The maximum absolute atomic E-state index is 12.2. The lowest BCUT2D eigenvalue weighted by Crippen LogP contribution is -2.31. The van der Waals surface area contributed by atoms with Gasteiger partial charge in [0, 0.05) is 49.5 Å². The maximum atomic E-state index is 12.2. The van der Waals surface area contributed by atoms with Crippen LogP contribution in [0.3, 0.4) is 0 Å². The highest BCUT2D eigenvalue weighted by molar-refractivity contribution is 9.10. The molecular weight excluding hydrogens is 622 g/mol. The number of anilines is 6. The second kappa shape index (κ2) is 12.2. The Morgan fingerprint density at radius 1 is 1.12 bits per heavy atom. The first-order chi connectivity index (χ1) is 20.1. The maximum Gasteiger partial charge on any atom is 0.229 e. The molecule has 0 radical (unpaired) electrons. The SMILES string of the molecule is CCc1cc(Nc2ncc(Br)c(Nc3ccc4nccnc4c3NS(C)(=O)=O)n2)c(OC)cc1N1CCC(N(C)C)C1. The van der Waals surface area contributed by atoms with E-state index in [9.17, 15) is 8.42 Å². The molecule has 2 aromatic heterocycles. The molecule has 1 aliphatic heterocycles. The predicted molar refractivity (Wildman–Crippen MR) is 171 cm³/mol. The van der Waals surface area contributed by atoms with Crippen LogP contribution in [0.15, 0.2) is 47.3 Å². The molecule has 12 nitrogen and oxygen atoms in total. The van der Waals surface area contributed by atoms with E-state index in [1.165, 1.54) is 17.4 Å². The van der Waals surface area contributed by atoms with Crippen molar-refractivity contribution >= 4 is 71.5 Å². The van der Waals surface area contributed by atoms with Gasteiger partial charge in [0.1, 0.15) is 17.1 Å². The van der Waals surface area contributed by atoms with Crippen LogP contribution in [-0.2, 0) is 16.4 Å². The number of likely N-dealkylation sites (N-methyl/N-ethyl adjacent to an activating group) is 1. The molecule has 5 rings (SSSR count). The first-order valence-electron chi connectivity index (χ1n) is 13.5. The molecule has 3 heterocycles. The number of aryl methyl sites for hydroxylation is 1. The van der Waals surface area contributed by atoms with E-state index in [1.807, 2.05) is 0 Å². The molecule has 4 aromatic rings. The predicted octanol–water partition coefficient (Wildman–Crippen LogP) is 4.75. The van der Waals surface area contributed by atoms with Gasteiger partial charge in [-0.2, -0.15) is 4.98 Å². The number of hydrogen-bond donors (Lipinski definition) is 3. The minimum atomic E-state index is -3.61. The standard InChI is InChI=1S/C28H34BrN9O3S/c1-6-17-13-22(24(41-4)14-23(17)38-12-9-18(16-38)37(2)3)34-28-32-15-19(29)27(35-28)33-21-8-7-20-25(31-11-10-30-20)26(21)36-42(5,39)40/h7-8,10-11,13-15,18,36H,6,9,12,16H2,1-5H3,(H2,32,33,34,35). The smallest absolute Gasteiger partial charge is 0.229 e. The number of nitrogens with one attached hydrogen (secondary N) is 3. The molecule has 42 heavy (non-hydrogen) atoms. The van der Waals surface area contributed by atoms with Gasteiger partial charge in [0.2, 0.25) is 16.0 Å². The van der Waals surface area contributed by atoms with Crippen molar-refractivity contribution in [3.05, 3.63) is 52.9 Å². The van der Waals surface area contributed by atoms with E-state index >= 15 is 0 Å². The van der Waals surface area contributed by atoms with Crippen molar-refractivity contribution < 1.29 is 13.2 Å². The Labute approximate surface area is 254 Å². The molecule has 1 aliphatic rings. The number of methoxy groups -OCH3 is 1. The Balaban J connectivity index is 1.46. The minimum absolute atomic E-state index is 0.270. The average Bonchev–Trinajstić information content (AvgIpc) is 3.46. The molecule has 0 aliphatic carbocycles. The highest BCUT2D eigenvalue weighted by atomic mass is 79.9. The zero-order valence-electron chi connectivity index (χ0n) is 24.1. The molecular formula is C28H34BrN9O3S. The third kappa shape index (κ3) is 6.50. The lowest BCUT2D eigenvalue weighted by atomic mass is 10.1. The van der Waals surface area contributed by atoms with E-state index in [0.29, 0.717) is 44.8 Å². The normalized spacial score (nSPS) is 15.3. The second-order valence-electron chi connectivity index (χ2n) is 10.3. The molecule has 0 bridgehead atoms. The van der Waals surface area contributed by atoms with Crippen molar-refractivity contribution in [2.45, 2.75) is 25.8 Å². The lowest BCUT2D eigenvalue weighted by molar-refractivity contribution is 0.315. The summed E-state index contributed by atoms with van der Waals surface area (Å²) in [6.45, 7) is 4.10. The number of rotatable bonds is 10. The molecule has 222 valence electrons. The van der Waals surface area contributed by atoms with Gasteiger partial charge in [-0.05, 0) is 66.6 Å². The van der Waals surface area contributed by atoms with Crippen molar-refractivity contribution in [2.75, 3.05) is 60.8 Å². The summed E-state index contributed by atoms with van der Waals surface area (Å²) in [7, 11) is 2.29. The molecule has 1 fully saturated rings. The molecule has 1 unspecified atom stereocenters. The van der Waals surface area contributed by atoms with Crippen LogP contribution < -0.4 is 25.0 Å². The lowest BCUT2D eigenvalue weighted by Gasteiger charge is -2.25. The Morgan fingerprint density at radius 3 is 2.60 bits per heavy atom. The number of ether oxygens (including phenoxy) is 1. The molecule has 0 amide bonds. The number of sulfonamides is 1. The number of fused-ring (bicyclic) bond motifs is 1. The monoisotopic (exact) mass is 655 g/mol. The third-order valence-electron chi connectivity index (χ3n) is 7.19. The van der Waals surface area contributed by atoms with Crippen LogP contribution in [0.2, 0.25) is 0 Å². The van der Waals surface area contributed by atoms with Crippen molar-refractivity contribution in [2.24, 2.45) is 0 Å².